The predicted octanol–water partition coefficient (Wildman–Crippen LogP) is 3.34. The van der Waals surface area contributed by atoms with Crippen LogP contribution in [0.3, 0.4) is 0 Å². The molecule has 2 nitrogen and oxygen atoms in total. The highest BCUT2D eigenvalue weighted by molar-refractivity contribution is 7.99. The van der Waals surface area contributed by atoms with Crippen LogP contribution < -0.4 is 4.90 Å². The molecular weight excluding hydrogens is 254 g/mol. The molecular formula is C13H18ClNOS. The van der Waals surface area contributed by atoms with Gasteiger partial charge in [0.2, 0.25) is 0 Å². The van der Waals surface area contributed by atoms with Crippen LogP contribution in [-0.4, -0.2) is 29.2 Å². The lowest BCUT2D eigenvalue weighted by Crippen LogP contribution is -2.40. The number of nitrogens with zero attached hydrogens (tertiary/aromatic N) is 1. The number of thioether (sulfide) groups is 1. The van der Waals surface area contributed by atoms with E-state index < -0.39 is 6.10 Å². The second kappa shape index (κ2) is 5.51. The van der Waals surface area contributed by atoms with Crippen molar-refractivity contribution >= 4 is 29.1 Å². The van der Waals surface area contributed by atoms with Gasteiger partial charge >= 0.3 is 0 Å². The molecule has 0 radical (unpaired) electrons. The third-order valence-corrected chi connectivity index (χ3v) is 4.65. The monoisotopic (exact) mass is 271 g/mol. The molecule has 0 bridgehead atoms. The van der Waals surface area contributed by atoms with Gasteiger partial charge in [-0.15, -0.1) is 0 Å². The Morgan fingerprint density at radius 3 is 2.88 bits per heavy atom. The summed E-state index contributed by atoms with van der Waals surface area (Å²) in [4.78, 5) is 2.38. The van der Waals surface area contributed by atoms with E-state index in [-0.39, 0.29) is 0 Å². The van der Waals surface area contributed by atoms with E-state index in [9.17, 15) is 5.11 Å². The Morgan fingerprint density at radius 1 is 1.53 bits per heavy atom. The van der Waals surface area contributed by atoms with Crippen molar-refractivity contribution in [2.75, 3.05) is 23.0 Å². The first-order valence-corrected chi connectivity index (χ1v) is 7.44. The standard InChI is InChI=1S/C13H18ClNOS/c1-9-8-17-6-5-15(9)11-3-4-12(10(2)16)13(14)7-11/h3-4,7,9-10,16H,5-6,8H2,1-2H3. The number of halogens is 1. The molecule has 1 saturated heterocycles. The lowest BCUT2D eigenvalue weighted by Gasteiger charge is -2.35. The Labute approximate surface area is 112 Å². The molecule has 1 aromatic rings. The van der Waals surface area contributed by atoms with Gasteiger partial charge in [0.25, 0.3) is 0 Å². The van der Waals surface area contributed by atoms with Crippen LogP contribution in [0, 0.1) is 0 Å². The van der Waals surface area contributed by atoms with Gasteiger partial charge in [0.05, 0.1) is 6.10 Å². The SMILES string of the molecule is CC(O)c1ccc(N2CCSCC2C)cc1Cl. The average Bonchev–Trinajstić information content (AvgIpc) is 2.29. The van der Waals surface area contributed by atoms with Gasteiger partial charge in [-0.05, 0) is 31.5 Å². The van der Waals surface area contributed by atoms with Crippen molar-refractivity contribution in [3.8, 4) is 0 Å². The molecule has 4 heteroatoms. The molecule has 1 aromatic carbocycles. The lowest BCUT2D eigenvalue weighted by molar-refractivity contribution is 0.199. The molecule has 1 fully saturated rings. The van der Waals surface area contributed by atoms with Crippen LogP contribution in [0.1, 0.15) is 25.5 Å². The minimum Gasteiger partial charge on any atom is -0.389 e. The molecule has 0 spiro atoms. The summed E-state index contributed by atoms with van der Waals surface area (Å²) in [7, 11) is 0. The summed E-state index contributed by atoms with van der Waals surface area (Å²) >= 11 is 8.20. The zero-order chi connectivity index (χ0) is 12.4. The number of rotatable bonds is 2. The first kappa shape index (κ1) is 13.1. The Bertz CT molecular complexity index is 397. The molecule has 1 aliphatic heterocycles. The van der Waals surface area contributed by atoms with Crippen LogP contribution in [0.25, 0.3) is 0 Å². The van der Waals surface area contributed by atoms with E-state index >= 15 is 0 Å². The van der Waals surface area contributed by atoms with E-state index in [2.05, 4.69) is 17.9 Å². The Hall–Kier alpha value is -0.380. The van der Waals surface area contributed by atoms with Crippen LogP contribution in [0.15, 0.2) is 18.2 Å². The van der Waals surface area contributed by atoms with Gasteiger partial charge in [-0.2, -0.15) is 11.8 Å². The van der Waals surface area contributed by atoms with E-state index in [1.54, 1.807) is 6.92 Å². The fraction of sp³-hybridized carbons (Fsp3) is 0.538. The number of anilines is 1. The van der Waals surface area contributed by atoms with Gasteiger partial charge in [-0.25, -0.2) is 0 Å². The van der Waals surface area contributed by atoms with Crippen LogP contribution >= 0.6 is 23.4 Å². The van der Waals surface area contributed by atoms with Crippen molar-refractivity contribution in [3.05, 3.63) is 28.8 Å². The molecule has 94 valence electrons. The lowest BCUT2D eigenvalue weighted by atomic mass is 10.1. The summed E-state index contributed by atoms with van der Waals surface area (Å²) in [6, 6.07) is 6.50. The van der Waals surface area contributed by atoms with E-state index in [4.69, 9.17) is 11.6 Å². The fourth-order valence-electron chi connectivity index (χ4n) is 2.14. The third kappa shape index (κ3) is 2.90. The van der Waals surface area contributed by atoms with Crippen molar-refractivity contribution in [2.45, 2.75) is 26.0 Å². The smallest absolute Gasteiger partial charge is 0.0776 e. The van der Waals surface area contributed by atoms with Gasteiger partial charge in [0.15, 0.2) is 0 Å². The summed E-state index contributed by atoms with van der Waals surface area (Å²) in [5.74, 6) is 2.33. The molecule has 1 aliphatic rings. The van der Waals surface area contributed by atoms with E-state index in [1.807, 2.05) is 23.9 Å². The second-order valence-corrected chi connectivity index (χ2v) is 6.06. The van der Waals surface area contributed by atoms with Gasteiger partial charge < -0.3 is 10.0 Å². The van der Waals surface area contributed by atoms with Crippen molar-refractivity contribution in [3.63, 3.8) is 0 Å². The quantitative estimate of drug-likeness (QED) is 0.893. The predicted molar refractivity (Wildman–Crippen MR) is 76.2 cm³/mol. The number of aliphatic hydroxyl groups excluding tert-OH is 1. The molecule has 1 N–H and O–H groups in total. The first-order chi connectivity index (χ1) is 8.09. The highest BCUT2D eigenvalue weighted by Crippen LogP contribution is 2.30. The van der Waals surface area contributed by atoms with Gasteiger partial charge in [-0.3, -0.25) is 0 Å². The number of benzene rings is 1. The maximum atomic E-state index is 9.56. The van der Waals surface area contributed by atoms with Crippen LogP contribution in [0.2, 0.25) is 5.02 Å². The maximum absolute atomic E-state index is 9.56. The molecule has 2 atom stereocenters. The van der Waals surface area contributed by atoms with E-state index in [0.717, 1.165) is 23.5 Å². The van der Waals surface area contributed by atoms with Crippen molar-refractivity contribution in [1.29, 1.82) is 0 Å². The Morgan fingerprint density at radius 2 is 2.29 bits per heavy atom. The molecule has 0 aliphatic carbocycles. The van der Waals surface area contributed by atoms with Crippen LogP contribution in [0.4, 0.5) is 5.69 Å². The summed E-state index contributed by atoms with van der Waals surface area (Å²) < 4.78 is 0. The molecule has 0 amide bonds. The van der Waals surface area contributed by atoms with Gasteiger partial charge in [0, 0.05) is 34.8 Å². The summed E-state index contributed by atoms with van der Waals surface area (Å²) in [6.07, 6.45) is -0.508. The molecule has 0 aromatic heterocycles. The zero-order valence-electron chi connectivity index (χ0n) is 10.2. The van der Waals surface area contributed by atoms with Gasteiger partial charge in [0.1, 0.15) is 0 Å². The minimum absolute atomic E-state index is 0.508. The van der Waals surface area contributed by atoms with Crippen LogP contribution in [-0.2, 0) is 0 Å². The van der Waals surface area contributed by atoms with Crippen molar-refractivity contribution in [1.82, 2.24) is 0 Å². The molecule has 0 saturated carbocycles. The average molecular weight is 272 g/mol. The van der Waals surface area contributed by atoms with E-state index in [1.165, 1.54) is 5.75 Å². The third-order valence-electron chi connectivity index (χ3n) is 3.13. The molecule has 2 rings (SSSR count). The molecule has 2 unspecified atom stereocenters. The highest BCUT2D eigenvalue weighted by atomic mass is 35.5. The maximum Gasteiger partial charge on any atom is 0.0776 e. The minimum atomic E-state index is -0.508. The van der Waals surface area contributed by atoms with Crippen LogP contribution in [0.5, 0.6) is 0 Å². The highest BCUT2D eigenvalue weighted by Gasteiger charge is 2.19. The van der Waals surface area contributed by atoms with Crippen molar-refractivity contribution in [2.24, 2.45) is 0 Å². The summed E-state index contributed by atoms with van der Waals surface area (Å²) in [5, 5.41) is 10.2. The first-order valence-electron chi connectivity index (χ1n) is 5.91. The second-order valence-electron chi connectivity index (χ2n) is 4.50. The normalized spacial score (nSPS) is 22.6. The summed E-state index contributed by atoms with van der Waals surface area (Å²) in [5.41, 5.74) is 1.96. The zero-order valence-corrected chi connectivity index (χ0v) is 11.8. The van der Waals surface area contributed by atoms with Crippen molar-refractivity contribution < 1.29 is 5.11 Å². The molecule has 17 heavy (non-hydrogen) atoms. The fourth-order valence-corrected chi connectivity index (χ4v) is 3.49. The number of aliphatic hydroxyl groups is 1. The molecule has 1 heterocycles. The summed E-state index contributed by atoms with van der Waals surface area (Å²) in [6.45, 7) is 5.04. The number of hydrogen-bond acceptors (Lipinski definition) is 3. The van der Waals surface area contributed by atoms with E-state index in [0.29, 0.717) is 11.1 Å². The largest absolute Gasteiger partial charge is 0.389 e. The van der Waals surface area contributed by atoms with Gasteiger partial charge in [-0.1, -0.05) is 17.7 Å². The Kier molecular flexibility index (Phi) is 4.23. The Balaban J connectivity index is 2.24. The topological polar surface area (TPSA) is 23.5 Å². The number of hydrogen-bond donors (Lipinski definition) is 1.